The van der Waals surface area contributed by atoms with Crippen LogP contribution < -0.4 is 10.9 Å². The van der Waals surface area contributed by atoms with E-state index >= 15 is 0 Å². The normalized spacial score (nSPS) is 12.8. The predicted molar refractivity (Wildman–Crippen MR) is 41.9 cm³/mol. The molecular formula is C7H10N2O3. The molecule has 5 nitrogen and oxygen atoms in total. The lowest BCUT2D eigenvalue weighted by Gasteiger charge is -2.03. The zero-order valence-electron chi connectivity index (χ0n) is 6.88. The number of aromatic amines is 1. The van der Waals surface area contributed by atoms with Crippen LogP contribution in [0.3, 0.4) is 0 Å². The van der Waals surface area contributed by atoms with Crippen LogP contribution in [0.1, 0.15) is 17.4 Å². The Kier molecular flexibility index (Phi) is 2.44. The average Bonchev–Trinajstić information content (AvgIpc) is 2.38. The van der Waals surface area contributed by atoms with Crippen molar-refractivity contribution in [3.8, 4) is 0 Å². The highest BCUT2D eigenvalue weighted by Crippen LogP contribution is 2.09. The van der Waals surface area contributed by atoms with E-state index in [2.05, 4.69) is 10.5 Å². The van der Waals surface area contributed by atoms with Crippen molar-refractivity contribution in [3.63, 3.8) is 0 Å². The topological polar surface area (TPSA) is 75.1 Å². The fourth-order valence-electron chi connectivity index (χ4n) is 1.03. The van der Waals surface area contributed by atoms with Crippen LogP contribution in [-0.2, 0) is 4.79 Å². The van der Waals surface area contributed by atoms with E-state index in [4.69, 9.17) is 4.52 Å². The summed E-state index contributed by atoms with van der Waals surface area (Å²) in [6.45, 7) is 1.63. The molecule has 1 atom stereocenters. The number of likely N-dealkylation sites (N-methyl/N-ethyl adjacent to an activating group) is 1. The number of aldehydes is 1. The smallest absolute Gasteiger partial charge is 0.285 e. The van der Waals surface area contributed by atoms with Gasteiger partial charge in [-0.05, 0) is 14.0 Å². The van der Waals surface area contributed by atoms with Gasteiger partial charge < -0.3 is 14.6 Å². The Morgan fingerprint density at radius 3 is 2.67 bits per heavy atom. The highest BCUT2D eigenvalue weighted by atomic mass is 16.5. The van der Waals surface area contributed by atoms with Gasteiger partial charge in [0.25, 0.3) is 5.56 Å². The summed E-state index contributed by atoms with van der Waals surface area (Å²) >= 11 is 0. The van der Waals surface area contributed by atoms with E-state index in [1.807, 2.05) is 0 Å². The second kappa shape index (κ2) is 3.36. The van der Waals surface area contributed by atoms with Gasteiger partial charge in [-0.2, -0.15) is 5.16 Å². The van der Waals surface area contributed by atoms with Crippen molar-refractivity contribution in [2.75, 3.05) is 7.05 Å². The molecule has 12 heavy (non-hydrogen) atoms. The summed E-state index contributed by atoms with van der Waals surface area (Å²) in [7, 11) is 1.60. The first-order valence-electron chi connectivity index (χ1n) is 3.51. The number of hydrogen-bond donors (Lipinski definition) is 2. The minimum atomic E-state index is -0.590. The Hall–Kier alpha value is -1.36. The molecule has 0 saturated carbocycles. The van der Waals surface area contributed by atoms with Gasteiger partial charge in [-0.15, -0.1) is 0 Å². The first-order valence-corrected chi connectivity index (χ1v) is 3.51. The van der Waals surface area contributed by atoms with Gasteiger partial charge in [0.2, 0.25) is 0 Å². The van der Waals surface area contributed by atoms with Crippen LogP contribution in [0.2, 0.25) is 0 Å². The van der Waals surface area contributed by atoms with Gasteiger partial charge in [0.05, 0.1) is 11.6 Å². The maximum absolute atomic E-state index is 11.1. The first kappa shape index (κ1) is 8.73. The van der Waals surface area contributed by atoms with Gasteiger partial charge in [0, 0.05) is 0 Å². The summed E-state index contributed by atoms with van der Waals surface area (Å²) < 4.78 is 4.74. The van der Waals surface area contributed by atoms with Gasteiger partial charge in [0.15, 0.2) is 0 Å². The molecule has 66 valence electrons. The molecule has 0 aromatic carbocycles. The number of hydrogen-bond acceptors (Lipinski definition) is 4. The molecule has 0 unspecified atom stereocenters. The Balaban J connectivity index is 3.15. The second-order valence-electron chi connectivity index (χ2n) is 2.41. The molecule has 1 heterocycles. The summed E-state index contributed by atoms with van der Waals surface area (Å²) in [5.74, 6) is 0.437. The van der Waals surface area contributed by atoms with Crippen LogP contribution >= 0.6 is 0 Å². The molecule has 5 heteroatoms. The zero-order valence-corrected chi connectivity index (χ0v) is 6.88. The molecule has 2 N–H and O–H groups in total. The molecule has 0 radical (unpaired) electrons. The molecule has 0 amide bonds. The molecule has 0 aliphatic heterocycles. The predicted octanol–water partition coefficient (Wildman–Crippen LogP) is -0.264. The third kappa shape index (κ3) is 1.31. The largest absolute Gasteiger partial charge is 0.383 e. The van der Waals surface area contributed by atoms with Gasteiger partial charge in [0.1, 0.15) is 12.0 Å². The lowest BCUT2D eigenvalue weighted by Crippen LogP contribution is -2.23. The van der Waals surface area contributed by atoms with Crippen molar-refractivity contribution >= 4 is 6.29 Å². The highest BCUT2D eigenvalue weighted by Gasteiger charge is 2.17. The lowest BCUT2D eigenvalue weighted by atomic mass is 10.1. The summed E-state index contributed by atoms with van der Waals surface area (Å²) in [5, 5.41) is 4.84. The van der Waals surface area contributed by atoms with Crippen molar-refractivity contribution in [1.82, 2.24) is 10.5 Å². The quantitative estimate of drug-likeness (QED) is 0.612. The Bertz CT molecular complexity index is 326. The van der Waals surface area contributed by atoms with Gasteiger partial charge in [-0.3, -0.25) is 4.79 Å². The fourth-order valence-corrected chi connectivity index (χ4v) is 1.03. The van der Waals surface area contributed by atoms with Crippen molar-refractivity contribution in [3.05, 3.63) is 21.7 Å². The zero-order chi connectivity index (χ0) is 9.14. The molecule has 0 saturated heterocycles. The van der Waals surface area contributed by atoms with E-state index in [1.165, 1.54) is 0 Å². The van der Waals surface area contributed by atoms with Crippen LogP contribution in [0, 0.1) is 6.92 Å². The fraction of sp³-hybridized carbons (Fsp3) is 0.429. The Labute approximate surface area is 68.7 Å². The molecule has 0 aliphatic rings. The van der Waals surface area contributed by atoms with Crippen LogP contribution in [0.4, 0.5) is 0 Å². The number of aryl methyl sites for hydroxylation is 1. The van der Waals surface area contributed by atoms with Crippen molar-refractivity contribution < 1.29 is 9.32 Å². The number of carbonyl (C=O) groups excluding carboxylic acids is 1. The molecule has 1 rings (SSSR count). The molecule has 0 fully saturated rings. The molecule has 0 spiro atoms. The standard InChI is InChI=1S/C7H10N2O3/c1-4-6(5(3-10)8-2)7(11)9-12-4/h3,5,8H,1-2H3,(H,9,11)/t5-/m0/s1. The molecule has 0 aliphatic carbocycles. The number of carbonyl (C=O) groups is 1. The maximum Gasteiger partial charge on any atom is 0.285 e. The van der Waals surface area contributed by atoms with E-state index in [0.717, 1.165) is 0 Å². The Morgan fingerprint density at radius 1 is 1.67 bits per heavy atom. The van der Waals surface area contributed by atoms with Gasteiger partial charge in [-0.1, -0.05) is 0 Å². The monoisotopic (exact) mass is 170 g/mol. The van der Waals surface area contributed by atoms with Crippen LogP contribution in [0.25, 0.3) is 0 Å². The van der Waals surface area contributed by atoms with E-state index in [0.29, 0.717) is 17.6 Å². The van der Waals surface area contributed by atoms with Crippen molar-refractivity contribution in [1.29, 1.82) is 0 Å². The summed E-state index contributed by atoms with van der Waals surface area (Å²) in [5.41, 5.74) is -0.0218. The summed E-state index contributed by atoms with van der Waals surface area (Å²) in [4.78, 5) is 21.5. The Morgan fingerprint density at radius 2 is 2.33 bits per heavy atom. The molecule has 1 aromatic heterocycles. The van der Waals surface area contributed by atoms with Crippen molar-refractivity contribution in [2.24, 2.45) is 0 Å². The van der Waals surface area contributed by atoms with E-state index < -0.39 is 6.04 Å². The second-order valence-corrected chi connectivity index (χ2v) is 2.41. The number of aromatic nitrogens is 1. The molecule has 1 aromatic rings. The number of nitrogens with one attached hydrogen (secondary N) is 2. The molecule has 0 bridgehead atoms. The molecular weight excluding hydrogens is 160 g/mol. The van der Waals surface area contributed by atoms with Crippen LogP contribution in [-0.4, -0.2) is 18.5 Å². The third-order valence-electron chi connectivity index (χ3n) is 1.68. The highest BCUT2D eigenvalue weighted by molar-refractivity contribution is 5.61. The maximum atomic E-state index is 11.1. The SMILES string of the molecule is CN[C@@H](C=O)c1c(C)o[nH]c1=O. The van der Waals surface area contributed by atoms with E-state index in [-0.39, 0.29) is 5.56 Å². The minimum absolute atomic E-state index is 0.340. The van der Waals surface area contributed by atoms with Gasteiger partial charge in [-0.25, -0.2) is 0 Å². The first-order chi connectivity index (χ1) is 5.70. The third-order valence-corrected chi connectivity index (χ3v) is 1.68. The lowest BCUT2D eigenvalue weighted by molar-refractivity contribution is -0.109. The minimum Gasteiger partial charge on any atom is -0.383 e. The van der Waals surface area contributed by atoms with E-state index in [9.17, 15) is 9.59 Å². The summed E-state index contributed by atoms with van der Waals surface area (Å²) in [6.07, 6.45) is 0.660. The average molecular weight is 170 g/mol. The van der Waals surface area contributed by atoms with Crippen molar-refractivity contribution in [2.45, 2.75) is 13.0 Å². The van der Waals surface area contributed by atoms with Gasteiger partial charge >= 0.3 is 0 Å². The number of H-pyrrole nitrogens is 1. The summed E-state index contributed by atoms with van der Waals surface area (Å²) in [6, 6.07) is -0.590. The number of rotatable bonds is 3. The van der Waals surface area contributed by atoms with Crippen LogP contribution in [0.15, 0.2) is 9.32 Å². The van der Waals surface area contributed by atoms with Crippen LogP contribution in [0.5, 0.6) is 0 Å². The van der Waals surface area contributed by atoms with E-state index in [1.54, 1.807) is 14.0 Å².